The SMILES string of the molecule is C=C1[C@@H](C(=O)O[C@@H]2CCC[C@@]23CCC[C@H]3NC(=O)C(C)(C)C)[C@H]2C=C[C@@H]1C2. The van der Waals surface area contributed by atoms with E-state index in [1.54, 1.807) is 0 Å². The predicted octanol–water partition coefficient (Wildman–Crippen LogP) is 4.16. The molecule has 4 aliphatic carbocycles. The average molecular weight is 372 g/mol. The van der Waals surface area contributed by atoms with Gasteiger partial charge in [0.2, 0.25) is 5.91 Å². The molecule has 6 atom stereocenters. The number of nitrogens with one attached hydrogen (secondary N) is 1. The lowest BCUT2D eigenvalue weighted by atomic mass is 9.78. The second-order valence-electron chi connectivity index (χ2n) is 10.2. The maximum Gasteiger partial charge on any atom is 0.313 e. The fourth-order valence-corrected chi connectivity index (χ4v) is 5.91. The van der Waals surface area contributed by atoms with Gasteiger partial charge < -0.3 is 10.1 Å². The van der Waals surface area contributed by atoms with Crippen LogP contribution < -0.4 is 5.32 Å². The fraction of sp³-hybridized carbons (Fsp3) is 0.739. The van der Waals surface area contributed by atoms with Crippen molar-refractivity contribution in [2.24, 2.45) is 28.6 Å². The van der Waals surface area contributed by atoms with Crippen LogP contribution in [0.2, 0.25) is 0 Å². The summed E-state index contributed by atoms with van der Waals surface area (Å²) < 4.78 is 6.17. The van der Waals surface area contributed by atoms with Crippen molar-refractivity contribution in [1.29, 1.82) is 0 Å². The molecule has 148 valence electrons. The second-order valence-corrected chi connectivity index (χ2v) is 10.2. The van der Waals surface area contributed by atoms with E-state index in [0.717, 1.165) is 50.5 Å². The summed E-state index contributed by atoms with van der Waals surface area (Å²) in [4.78, 5) is 25.6. The highest BCUT2D eigenvalue weighted by atomic mass is 16.5. The van der Waals surface area contributed by atoms with Crippen LogP contribution in [0.15, 0.2) is 24.3 Å². The average Bonchev–Trinajstić information content (AvgIpc) is 3.34. The first kappa shape index (κ1) is 18.8. The zero-order valence-electron chi connectivity index (χ0n) is 16.9. The van der Waals surface area contributed by atoms with E-state index in [2.05, 4.69) is 24.0 Å². The Morgan fingerprint density at radius 1 is 1.19 bits per heavy atom. The number of fused-ring (bicyclic) bond motifs is 2. The van der Waals surface area contributed by atoms with Crippen LogP contribution in [0.5, 0.6) is 0 Å². The number of hydrogen-bond acceptors (Lipinski definition) is 3. The molecule has 0 aliphatic heterocycles. The highest BCUT2D eigenvalue weighted by Gasteiger charge is 2.55. The van der Waals surface area contributed by atoms with Crippen LogP contribution >= 0.6 is 0 Å². The Hall–Kier alpha value is -1.58. The molecule has 4 rings (SSSR count). The van der Waals surface area contributed by atoms with E-state index in [0.29, 0.717) is 5.92 Å². The van der Waals surface area contributed by atoms with Gasteiger partial charge in [0.05, 0.1) is 5.92 Å². The van der Waals surface area contributed by atoms with Crippen molar-refractivity contribution in [3.05, 3.63) is 24.3 Å². The molecule has 1 N–H and O–H groups in total. The van der Waals surface area contributed by atoms with E-state index >= 15 is 0 Å². The van der Waals surface area contributed by atoms with Crippen LogP contribution in [-0.2, 0) is 14.3 Å². The molecule has 0 aromatic carbocycles. The van der Waals surface area contributed by atoms with Crippen LogP contribution in [-0.4, -0.2) is 24.0 Å². The molecule has 2 bridgehead atoms. The number of hydrogen-bond donors (Lipinski definition) is 1. The predicted molar refractivity (Wildman–Crippen MR) is 105 cm³/mol. The largest absolute Gasteiger partial charge is 0.461 e. The van der Waals surface area contributed by atoms with E-state index in [9.17, 15) is 9.59 Å². The monoisotopic (exact) mass is 371 g/mol. The van der Waals surface area contributed by atoms with Crippen molar-refractivity contribution < 1.29 is 14.3 Å². The highest BCUT2D eigenvalue weighted by molar-refractivity contribution is 5.82. The first-order chi connectivity index (χ1) is 12.7. The van der Waals surface area contributed by atoms with Gasteiger partial charge in [-0.1, -0.05) is 51.5 Å². The molecule has 3 fully saturated rings. The summed E-state index contributed by atoms with van der Waals surface area (Å²) in [6, 6.07) is 0.118. The van der Waals surface area contributed by atoms with Gasteiger partial charge in [-0.25, -0.2) is 0 Å². The van der Waals surface area contributed by atoms with E-state index < -0.39 is 5.41 Å². The Morgan fingerprint density at radius 2 is 1.89 bits per heavy atom. The molecule has 0 aromatic heterocycles. The maximum absolute atomic E-state index is 13.0. The van der Waals surface area contributed by atoms with Crippen molar-refractivity contribution in [2.75, 3.05) is 0 Å². The minimum absolute atomic E-state index is 0.0753. The molecule has 1 spiro atoms. The van der Waals surface area contributed by atoms with Crippen molar-refractivity contribution in [3.63, 3.8) is 0 Å². The summed E-state index contributed by atoms with van der Waals surface area (Å²) in [5.74, 6) is 0.470. The van der Waals surface area contributed by atoms with Crippen LogP contribution in [0, 0.1) is 28.6 Å². The summed E-state index contributed by atoms with van der Waals surface area (Å²) in [5.41, 5.74) is 0.552. The number of amides is 1. The van der Waals surface area contributed by atoms with Crippen LogP contribution in [0.25, 0.3) is 0 Å². The number of carbonyl (C=O) groups excluding carboxylic acids is 2. The first-order valence-corrected chi connectivity index (χ1v) is 10.6. The molecule has 4 aliphatic rings. The Kier molecular flexibility index (Phi) is 4.51. The number of esters is 1. The van der Waals surface area contributed by atoms with Crippen LogP contribution in [0.4, 0.5) is 0 Å². The highest BCUT2D eigenvalue weighted by Crippen LogP contribution is 2.53. The van der Waals surface area contributed by atoms with E-state index in [1.807, 2.05) is 20.8 Å². The third-order valence-electron chi connectivity index (χ3n) is 7.50. The third kappa shape index (κ3) is 3.05. The number of ether oxygens (including phenoxy) is 1. The van der Waals surface area contributed by atoms with Crippen molar-refractivity contribution >= 4 is 11.9 Å². The first-order valence-electron chi connectivity index (χ1n) is 10.6. The van der Waals surface area contributed by atoms with Gasteiger partial charge in [0.1, 0.15) is 6.10 Å². The van der Waals surface area contributed by atoms with Gasteiger partial charge in [-0.15, -0.1) is 0 Å². The van der Waals surface area contributed by atoms with Gasteiger partial charge in [0.25, 0.3) is 0 Å². The summed E-state index contributed by atoms with van der Waals surface area (Å²) in [6.07, 6.45) is 11.4. The van der Waals surface area contributed by atoms with E-state index in [1.165, 1.54) is 0 Å². The van der Waals surface area contributed by atoms with Crippen molar-refractivity contribution in [2.45, 2.75) is 77.9 Å². The van der Waals surface area contributed by atoms with Crippen molar-refractivity contribution in [3.8, 4) is 0 Å². The summed E-state index contributed by atoms with van der Waals surface area (Å²) in [5, 5.41) is 3.30. The summed E-state index contributed by atoms with van der Waals surface area (Å²) in [6.45, 7) is 10.0. The number of rotatable bonds is 3. The molecule has 4 heteroatoms. The van der Waals surface area contributed by atoms with Crippen LogP contribution in [0.3, 0.4) is 0 Å². The molecule has 0 heterocycles. The lowest BCUT2D eigenvalue weighted by Crippen LogP contribution is -2.52. The maximum atomic E-state index is 13.0. The Bertz CT molecular complexity index is 684. The smallest absolute Gasteiger partial charge is 0.313 e. The van der Waals surface area contributed by atoms with Crippen LogP contribution in [0.1, 0.15) is 65.7 Å². The zero-order valence-corrected chi connectivity index (χ0v) is 16.9. The lowest BCUT2D eigenvalue weighted by molar-refractivity contribution is -0.160. The van der Waals surface area contributed by atoms with Gasteiger partial charge in [-0.05, 0) is 50.4 Å². The number of carbonyl (C=O) groups is 2. The lowest BCUT2D eigenvalue weighted by Gasteiger charge is -2.39. The molecular weight excluding hydrogens is 338 g/mol. The Labute approximate surface area is 162 Å². The topological polar surface area (TPSA) is 55.4 Å². The molecule has 1 amide bonds. The molecule has 27 heavy (non-hydrogen) atoms. The molecule has 3 saturated carbocycles. The van der Waals surface area contributed by atoms with Gasteiger partial charge in [-0.2, -0.15) is 0 Å². The minimum Gasteiger partial charge on any atom is -0.461 e. The van der Waals surface area contributed by atoms with Gasteiger partial charge in [0, 0.05) is 16.9 Å². The van der Waals surface area contributed by atoms with E-state index in [-0.39, 0.29) is 41.3 Å². The van der Waals surface area contributed by atoms with Crippen molar-refractivity contribution in [1.82, 2.24) is 5.32 Å². The molecule has 0 radical (unpaired) electrons. The molecule has 4 nitrogen and oxygen atoms in total. The molecule has 0 saturated heterocycles. The normalized spacial score (nSPS) is 40.1. The second kappa shape index (κ2) is 6.49. The molecule has 0 aromatic rings. The standard InChI is InChI=1S/C23H33NO3/c1-14-15-9-10-16(13-15)19(14)20(25)27-18-8-6-12-23(18)11-5-7-17(23)24-21(26)22(2,3)4/h9-10,15-19H,1,5-8,11-13H2,2-4H3,(H,24,26)/t15-,16+,17-,18-,19-,23-/m1/s1. The van der Waals surface area contributed by atoms with Gasteiger partial charge >= 0.3 is 5.97 Å². The summed E-state index contributed by atoms with van der Waals surface area (Å²) in [7, 11) is 0. The minimum atomic E-state index is -0.401. The summed E-state index contributed by atoms with van der Waals surface area (Å²) >= 11 is 0. The van der Waals surface area contributed by atoms with E-state index in [4.69, 9.17) is 4.74 Å². The molecular formula is C23H33NO3. The fourth-order valence-electron chi connectivity index (χ4n) is 5.91. The molecule has 0 unspecified atom stereocenters. The third-order valence-corrected chi connectivity index (χ3v) is 7.50. The quantitative estimate of drug-likeness (QED) is 0.599. The van der Waals surface area contributed by atoms with Gasteiger partial charge in [-0.3, -0.25) is 9.59 Å². The zero-order chi connectivity index (χ0) is 19.4. The Balaban J connectivity index is 1.48. The Morgan fingerprint density at radius 3 is 2.52 bits per heavy atom. The number of allylic oxidation sites excluding steroid dienone is 2. The van der Waals surface area contributed by atoms with Gasteiger partial charge in [0.15, 0.2) is 0 Å².